The summed E-state index contributed by atoms with van der Waals surface area (Å²) in [5.74, 6) is 0.915. The molecule has 1 aromatic rings. The van der Waals surface area contributed by atoms with Gasteiger partial charge in [0.15, 0.2) is 0 Å². The van der Waals surface area contributed by atoms with Gasteiger partial charge in [-0.25, -0.2) is 0 Å². The summed E-state index contributed by atoms with van der Waals surface area (Å²) in [7, 11) is 0. The van der Waals surface area contributed by atoms with Gasteiger partial charge in [0.2, 0.25) is 0 Å². The first kappa shape index (κ1) is 19.5. The number of benzene rings is 1. The minimum atomic E-state index is -0.952. The summed E-state index contributed by atoms with van der Waals surface area (Å²) in [6, 6.07) is 9.70. The first-order valence-corrected chi connectivity index (χ1v) is 7.05. The van der Waals surface area contributed by atoms with E-state index < -0.39 is 5.60 Å². The molecule has 3 rings (SSSR count). The molecule has 0 aliphatic heterocycles. The largest absolute Gasteiger partial charge is 2.00 e. The van der Waals surface area contributed by atoms with Gasteiger partial charge in [-0.15, -0.1) is 6.58 Å². The van der Waals surface area contributed by atoms with Crippen LogP contribution in [0.1, 0.15) is 12.0 Å². The topological polar surface area (TPSA) is 20.2 Å². The molecule has 1 aromatic carbocycles. The zero-order chi connectivity index (χ0) is 15.0. The van der Waals surface area contributed by atoms with E-state index in [4.69, 9.17) is 0 Å². The number of rotatable bonds is 4. The minimum Gasteiger partial charge on any atom is -0.384 e. The van der Waals surface area contributed by atoms with E-state index in [1.54, 1.807) is 6.08 Å². The van der Waals surface area contributed by atoms with Gasteiger partial charge >= 0.3 is 17.1 Å². The molecule has 0 amide bonds. The van der Waals surface area contributed by atoms with Crippen molar-refractivity contribution in [2.24, 2.45) is 0 Å². The average Bonchev–Trinajstić information content (AvgIpc) is 3.24. The number of hydrogen-bond acceptors (Lipinski definition) is 1. The van der Waals surface area contributed by atoms with Gasteiger partial charge in [0.1, 0.15) is 0 Å². The summed E-state index contributed by atoms with van der Waals surface area (Å²) in [4.78, 5) is 0. The maximum atomic E-state index is 10.8. The molecule has 2 heteroatoms. The Kier molecular flexibility index (Phi) is 9.09. The third-order valence-corrected chi connectivity index (χ3v) is 3.39. The molecule has 1 N–H and O–H groups in total. The predicted octanol–water partition coefficient (Wildman–Crippen LogP) is 3.87. The normalized spacial score (nSPS) is 20.4. The van der Waals surface area contributed by atoms with E-state index in [1.807, 2.05) is 88.1 Å². The fourth-order valence-corrected chi connectivity index (χ4v) is 2.30. The Hall–Kier alpha value is -0.561. The SMILES string of the molecule is C=CCC(O)([C]1[CH][CH][CH][CH]1)c1ccccc1.[CH]1[CH][CH][CH][CH]1.[Fe+2]. The number of aliphatic hydroxyl groups is 1. The van der Waals surface area contributed by atoms with Gasteiger partial charge in [-0.1, -0.05) is 36.4 Å². The molecule has 0 aromatic heterocycles. The second-order valence-corrected chi connectivity index (χ2v) is 4.85. The maximum absolute atomic E-state index is 10.8. The van der Waals surface area contributed by atoms with Crippen molar-refractivity contribution in [3.05, 3.63) is 112 Å². The second-order valence-electron chi connectivity index (χ2n) is 4.85. The smallest absolute Gasteiger partial charge is 0.384 e. The monoisotopic (exact) mass is 332 g/mol. The van der Waals surface area contributed by atoms with E-state index in [9.17, 15) is 5.11 Å². The molecular formula is C20H20FeO+2. The molecule has 0 saturated heterocycles. The molecule has 0 heterocycles. The van der Waals surface area contributed by atoms with Crippen molar-refractivity contribution in [2.45, 2.75) is 12.0 Å². The van der Waals surface area contributed by atoms with Crippen LogP contribution in [0.4, 0.5) is 0 Å². The second kappa shape index (κ2) is 10.3. The molecular weight excluding hydrogens is 312 g/mol. The fraction of sp³-hybridized carbons (Fsp3) is 0.100. The standard InChI is InChI=1S/C15H15O.C5H5.Fe/c1-2-12-15(16,14-10-6-7-11-14)13-8-4-3-5-9-13;1-2-4-5-3-1;/h2-11,16H,1,12H2;1-5H;/q;;+2. The van der Waals surface area contributed by atoms with Crippen LogP contribution in [0.3, 0.4) is 0 Å². The van der Waals surface area contributed by atoms with Gasteiger partial charge in [0.05, 0.1) is 5.60 Å². The molecule has 2 saturated carbocycles. The molecule has 22 heavy (non-hydrogen) atoms. The Morgan fingerprint density at radius 1 is 0.864 bits per heavy atom. The van der Waals surface area contributed by atoms with Crippen molar-refractivity contribution >= 4 is 0 Å². The van der Waals surface area contributed by atoms with Crippen molar-refractivity contribution in [3.63, 3.8) is 0 Å². The van der Waals surface area contributed by atoms with Gasteiger partial charge in [-0.3, -0.25) is 0 Å². The summed E-state index contributed by atoms with van der Waals surface area (Å²) in [6.45, 7) is 3.72. The molecule has 1 nitrogen and oxygen atoms in total. The van der Waals surface area contributed by atoms with E-state index in [2.05, 4.69) is 6.58 Å². The summed E-state index contributed by atoms with van der Waals surface area (Å²) < 4.78 is 0. The van der Waals surface area contributed by atoms with E-state index in [0.717, 1.165) is 11.5 Å². The summed E-state index contributed by atoms with van der Waals surface area (Å²) in [5, 5.41) is 10.8. The fourth-order valence-electron chi connectivity index (χ4n) is 2.30. The third kappa shape index (κ3) is 5.26. The molecule has 112 valence electrons. The van der Waals surface area contributed by atoms with Crippen molar-refractivity contribution in [1.82, 2.24) is 0 Å². The molecule has 2 aliphatic carbocycles. The van der Waals surface area contributed by atoms with Crippen LogP contribution in [0.5, 0.6) is 0 Å². The van der Waals surface area contributed by atoms with E-state index in [1.165, 1.54) is 0 Å². The van der Waals surface area contributed by atoms with Crippen molar-refractivity contribution in [1.29, 1.82) is 0 Å². The molecule has 1 atom stereocenters. The van der Waals surface area contributed by atoms with Gasteiger partial charge < -0.3 is 5.11 Å². The van der Waals surface area contributed by atoms with Crippen LogP contribution in [0, 0.1) is 63.7 Å². The Morgan fingerprint density at radius 3 is 1.82 bits per heavy atom. The first-order valence-electron chi connectivity index (χ1n) is 7.05. The van der Waals surface area contributed by atoms with Gasteiger partial charge in [0.25, 0.3) is 0 Å². The van der Waals surface area contributed by atoms with Crippen LogP contribution in [0.2, 0.25) is 0 Å². The zero-order valence-electron chi connectivity index (χ0n) is 12.4. The minimum absolute atomic E-state index is 0. The van der Waals surface area contributed by atoms with Crippen molar-refractivity contribution < 1.29 is 22.2 Å². The van der Waals surface area contributed by atoms with Crippen LogP contribution in [0.25, 0.3) is 0 Å². The van der Waals surface area contributed by atoms with Gasteiger partial charge in [-0.05, 0) is 69.8 Å². The van der Waals surface area contributed by atoms with Crippen LogP contribution in [-0.2, 0) is 22.7 Å². The van der Waals surface area contributed by atoms with Crippen LogP contribution >= 0.6 is 0 Å². The van der Waals surface area contributed by atoms with Crippen LogP contribution in [-0.4, -0.2) is 5.11 Å². The van der Waals surface area contributed by atoms with Crippen LogP contribution < -0.4 is 0 Å². The Morgan fingerprint density at radius 2 is 1.36 bits per heavy atom. The molecule has 0 bridgehead atoms. The van der Waals surface area contributed by atoms with Gasteiger partial charge in [0, 0.05) is 5.92 Å². The summed E-state index contributed by atoms with van der Waals surface area (Å²) in [5.41, 5.74) is -0.0481. The molecule has 2 aliphatic rings. The Balaban J connectivity index is 0.000000344. The average molecular weight is 332 g/mol. The molecule has 0 spiro atoms. The van der Waals surface area contributed by atoms with E-state index >= 15 is 0 Å². The van der Waals surface area contributed by atoms with E-state index in [0.29, 0.717) is 6.42 Å². The first-order chi connectivity index (χ1) is 10.3. The van der Waals surface area contributed by atoms with Gasteiger partial charge in [-0.2, -0.15) is 0 Å². The van der Waals surface area contributed by atoms with Crippen LogP contribution in [0.15, 0.2) is 43.0 Å². The maximum Gasteiger partial charge on any atom is 2.00 e. The number of hydrogen-bond donors (Lipinski definition) is 1. The summed E-state index contributed by atoms with van der Waals surface area (Å²) in [6.07, 6.45) is 20.0. The zero-order valence-corrected chi connectivity index (χ0v) is 13.5. The third-order valence-electron chi connectivity index (χ3n) is 3.39. The summed E-state index contributed by atoms with van der Waals surface area (Å²) >= 11 is 0. The Labute approximate surface area is 146 Å². The quantitative estimate of drug-likeness (QED) is 0.655. The predicted molar refractivity (Wildman–Crippen MR) is 87.1 cm³/mol. The molecule has 10 radical (unpaired) electrons. The van der Waals surface area contributed by atoms with E-state index in [-0.39, 0.29) is 17.1 Å². The molecule has 2 fully saturated rings. The molecule has 1 unspecified atom stereocenters. The Bertz CT molecular complexity index is 399. The van der Waals surface area contributed by atoms with Crippen molar-refractivity contribution in [2.75, 3.05) is 0 Å². The van der Waals surface area contributed by atoms with Crippen molar-refractivity contribution in [3.8, 4) is 0 Å².